The molecule has 0 saturated carbocycles. The topological polar surface area (TPSA) is 94.0 Å². The number of hydrogen-bond acceptors (Lipinski definition) is 7. The van der Waals surface area contributed by atoms with Crippen molar-refractivity contribution in [3.63, 3.8) is 0 Å². The highest BCUT2D eigenvalue weighted by Gasteiger charge is 2.24. The van der Waals surface area contributed by atoms with E-state index >= 15 is 0 Å². The van der Waals surface area contributed by atoms with Crippen molar-refractivity contribution in [2.24, 2.45) is 0 Å². The molecule has 0 radical (unpaired) electrons. The van der Waals surface area contributed by atoms with Crippen LogP contribution in [0.4, 0.5) is 5.69 Å². The van der Waals surface area contributed by atoms with Crippen molar-refractivity contribution >= 4 is 16.9 Å². The Labute approximate surface area is 186 Å². The van der Waals surface area contributed by atoms with E-state index in [4.69, 9.17) is 9.72 Å². The first-order valence-corrected chi connectivity index (χ1v) is 10.5. The zero-order valence-electron chi connectivity index (χ0n) is 17.8. The van der Waals surface area contributed by atoms with Crippen molar-refractivity contribution < 1.29 is 4.74 Å². The molecule has 8 heteroatoms. The number of pyridine rings is 2. The molecule has 0 aliphatic carbocycles. The van der Waals surface area contributed by atoms with Gasteiger partial charge in [0.25, 0.3) is 0 Å². The second-order valence-electron chi connectivity index (χ2n) is 7.77. The van der Waals surface area contributed by atoms with Gasteiger partial charge in [-0.25, -0.2) is 9.97 Å². The summed E-state index contributed by atoms with van der Waals surface area (Å²) in [6, 6.07) is 14.1. The van der Waals surface area contributed by atoms with E-state index in [-0.39, 0.29) is 0 Å². The van der Waals surface area contributed by atoms with E-state index < -0.39 is 0 Å². The Kier molecular flexibility index (Phi) is 5.40. The van der Waals surface area contributed by atoms with Crippen LogP contribution in [-0.4, -0.2) is 58.1 Å². The number of piperazine rings is 1. The predicted octanol–water partition coefficient (Wildman–Crippen LogP) is 3.22. The summed E-state index contributed by atoms with van der Waals surface area (Å²) in [5.74, 6) is 1.52. The van der Waals surface area contributed by atoms with Gasteiger partial charge in [-0.05, 0) is 35.9 Å². The molecule has 1 saturated heterocycles. The van der Waals surface area contributed by atoms with Gasteiger partial charge in [0.05, 0.1) is 18.4 Å². The first-order valence-electron chi connectivity index (χ1n) is 10.5. The van der Waals surface area contributed by atoms with Crippen molar-refractivity contribution in [2.75, 3.05) is 38.2 Å². The lowest BCUT2D eigenvalue weighted by atomic mass is 10.1. The minimum Gasteiger partial charge on any atom is -0.497 e. The quantitative estimate of drug-likeness (QED) is 0.525. The number of fused-ring (bicyclic) bond motifs is 1. The largest absolute Gasteiger partial charge is 0.497 e. The number of anilines is 1. The van der Waals surface area contributed by atoms with Gasteiger partial charge in [-0.3, -0.25) is 9.88 Å². The summed E-state index contributed by atoms with van der Waals surface area (Å²) < 4.78 is 5.25. The second kappa shape index (κ2) is 8.65. The maximum absolute atomic E-state index is 9.75. The number of imidazole rings is 1. The number of nitrogens with one attached hydrogen (secondary N) is 1. The number of aromatic amines is 1. The van der Waals surface area contributed by atoms with Crippen LogP contribution in [0.15, 0.2) is 55.0 Å². The lowest BCUT2D eigenvalue weighted by Gasteiger charge is -2.36. The summed E-state index contributed by atoms with van der Waals surface area (Å²) in [6.45, 7) is 4.32. The highest BCUT2D eigenvalue weighted by molar-refractivity contribution is 5.91. The number of methoxy groups -OCH3 is 1. The molecule has 1 aliphatic heterocycles. The van der Waals surface area contributed by atoms with E-state index in [0.29, 0.717) is 11.2 Å². The van der Waals surface area contributed by atoms with Crippen LogP contribution in [0.5, 0.6) is 5.75 Å². The van der Waals surface area contributed by atoms with Crippen molar-refractivity contribution in [1.29, 1.82) is 5.26 Å². The van der Waals surface area contributed by atoms with Gasteiger partial charge in [0.2, 0.25) is 0 Å². The Morgan fingerprint density at radius 2 is 1.91 bits per heavy atom. The molecule has 8 nitrogen and oxygen atoms in total. The van der Waals surface area contributed by atoms with E-state index in [0.717, 1.165) is 61.1 Å². The van der Waals surface area contributed by atoms with Crippen molar-refractivity contribution in [2.45, 2.75) is 6.54 Å². The fraction of sp³-hybridized carbons (Fsp3) is 0.250. The number of aromatic nitrogens is 4. The molecule has 1 fully saturated rings. The van der Waals surface area contributed by atoms with E-state index in [1.807, 2.05) is 36.5 Å². The zero-order chi connectivity index (χ0) is 21.9. The van der Waals surface area contributed by atoms with Gasteiger partial charge in [0.15, 0.2) is 5.65 Å². The summed E-state index contributed by atoms with van der Waals surface area (Å²) in [7, 11) is 1.65. The molecule has 0 bridgehead atoms. The van der Waals surface area contributed by atoms with Crippen LogP contribution in [0.2, 0.25) is 0 Å². The van der Waals surface area contributed by atoms with Crippen LogP contribution in [0.3, 0.4) is 0 Å². The Morgan fingerprint density at radius 3 is 2.59 bits per heavy atom. The van der Waals surface area contributed by atoms with E-state index in [2.05, 4.69) is 36.9 Å². The number of benzene rings is 1. The van der Waals surface area contributed by atoms with E-state index in [1.54, 1.807) is 19.5 Å². The molecular formula is C24H23N7O. The smallest absolute Gasteiger partial charge is 0.159 e. The van der Waals surface area contributed by atoms with Gasteiger partial charge in [0.1, 0.15) is 23.2 Å². The van der Waals surface area contributed by atoms with Crippen LogP contribution >= 0.6 is 0 Å². The number of H-pyrrole nitrogens is 1. The molecule has 3 aromatic heterocycles. The monoisotopic (exact) mass is 425 g/mol. The van der Waals surface area contributed by atoms with E-state index in [1.165, 1.54) is 5.56 Å². The molecule has 0 unspecified atom stereocenters. The summed E-state index contributed by atoms with van der Waals surface area (Å²) in [4.78, 5) is 21.5. The molecule has 4 aromatic rings. The van der Waals surface area contributed by atoms with Gasteiger partial charge < -0.3 is 14.6 Å². The van der Waals surface area contributed by atoms with Crippen molar-refractivity contribution in [1.82, 2.24) is 24.8 Å². The summed E-state index contributed by atoms with van der Waals surface area (Å²) >= 11 is 0. The number of nitriles is 1. The molecule has 5 rings (SSSR count). The maximum Gasteiger partial charge on any atom is 0.159 e. The van der Waals surface area contributed by atoms with Crippen LogP contribution < -0.4 is 9.64 Å². The van der Waals surface area contributed by atoms with Gasteiger partial charge in [0, 0.05) is 56.9 Å². The molecule has 1 aromatic carbocycles. The van der Waals surface area contributed by atoms with Gasteiger partial charge in [-0.2, -0.15) is 5.26 Å². The van der Waals surface area contributed by atoms with Crippen molar-refractivity contribution in [3.8, 4) is 23.2 Å². The third-order valence-corrected chi connectivity index (χ3v) is 5.79. The molecular weight excluding hydrogens is 402 g/mol. The minimum absolute atomic E-state index is 0.547. The van der Waals surface area contributed by atoms with Crippen LogP contribution in [0, 0.1) is 11.3 Å². The third-order valence-electron chi connectivity index (χ3n) is 5.79. The molecule has 0 spiro atoms. The first kappa shape index (κ1) is 20.0. The van der Waals surface area contributed by atoms with Crippen LogP contribution in [0.1, 0.15) is 11.1 Å². The zero-order valence-corrected chi connectivity index (χ0v) is 17.8. The Hall–Kier alpha value is -3.96. The fourth-order valence-electron chi connectivity index (χ4n) is 4.11. The number of hydrogen-bond donors (Lipinski definition) is 1. The van der Waals surface area contributed by atoms with Crippen molar-refractivity contribution in [3.05, 3.63) is 66.1 Å². The molecule has 160 valence electrons. The fourth-order valence-corrected chi connectivity index (χ4v) is 4.11. The first-order chi connectivity index (χ1) is 15.7. The molecule has 1 N–H and O–H groups in total. The lowest BCUT2D eigenvalue weighted by molar-refractivity contribution is 0.249. The second-order valence-corrected chi connectivity index (χ2v) is 7.77. The van der Waals surface area contributed by atoms with Crippen LogP contribution in [-0.2, 0) is 6.54 Å². The number of ether oxygens (including phenoxy) is 1. The number of rotatable bonds is 5. The third kappa shape index (κ3) is 3.86. The SMILES string of the molecule is COc1ccc(-c2nc3c(N4CCN(Cc5cccnc5)CC4)c(C#N)cnc3[nH]2)cc1. The molecule has 0 amide bonds. The maximum atomic E-state index is 9.75. The molecule has 0 atom stereocenters. The average molecular weight is 425 g/mol. The minimum atomic E-state index is 0.547. The molecule has 4 heterocycles. The van der Waals surface area contributed by atoms with Crippen LogP contribution in [0.25, 0.3) is 22.6 Å². The van der Waals surface area contributed by atoms with Gasteiger partial charge >= 0.3 is 0 Å². The number of nitrogens with zero attached hydrogens (tertiary/aromatic N) is 6. The summed E-state index contributed by atoms with van der Waals surface area (Å²) in [6.07, 6.45) is 5.34. The normalized spacial score (nSPS) is 14.4. The van der Waals surface area contributed by atoms with E-state index in [9.17, 15) is 5.26 Å². The molecule has 1 aliphatic rings. The highest BCUT2D eigenvalue weighted by atomic mass is 16.5. The highest BCUT2D eigenvalue weighted by Crippen LogP contribution is 2.31. The standard InChI is InChI=1S/C24H23N7O/c1-32-20-6-4-18(5-7-20)23-28-21-22(19(13-25)15-27-24(21)29-23)31-11-9-30(10-12-31)16-17-3-2-8-26-14-17/h2-8,14-15H,9-12,16H2,1H3,(H,27,28,29). The van der Waals surface area contributed by atoms with Gasteiger partial charge in [-0.1, -0.05) is 6.07 Å². The summed E-state index contributed by atoms with van der Waals surface area (Å²) in [5.41, 5.74) is 4.97. The van der Waals surface area contributed by atoms with Gasteiger partial charge in [-0.15, -0.1) is 0 Å². The molecule has 32 heavy (non-hydrogen) atoms. The average Bonchev–Trinajstić information content (AvgIpc) is 3.29. The predicted molar refractivity (Wildman–Crippen MR) is 122 cm³/mol. The summed E-state index contributed by atoms with van der Waals surface area (Å²) in [5, 5.41) is 9.75. The Bertz CT molecular complexity index is 1250. The Balaban J connectivity index is 1.41. The lowest BCUT2D eigenvalue weighted by Crippen LogP contribution is -2.46. The Morgan fingerprint density at radius 1 is 1.09 bits per heavy atom.